The normalized spacial score (nSPS) is 10.2. The average molecular weight is 224 g/mol. The maximum Gasteiger partial charge on any atom is 0.303 e. The Morgan fingerprint density at radius 3 is 2.50 bits per heavy atom. The number of hydrogen-bond donors (Lipinski definition) is 2. The largest absolute Gasteiger partial charge is 0.504 e. The van der Waals surface area contributed by atoms with Crippen molar-refractivity contribution >= 4 is 5.97 Å². The lowest BCUT2D eigenvalue weighted by molar-refractivity contribution is -0.136. The second-order valence-electron chi connectivity index (χ2n) is 3.73. The summed E-state index contributed by atoms with van der Waals surface area (Å²) in [7, 11) is 1.50. The van der Waals surface area contributed by atoms with Gasteiger partial charge < -0.3 is 14.9 Å². The summed E-state index contributed by atoms with van der Waals surface area (Å²) in [6.45, 7) is 3.74. The molecule has 0 amide bonds. The van der Waals surface area contributed by atoms with E-state index in [2.05, 4.69) is 0 Å². The molecule has 0 radical (unpaired) electrons. The molecule has 16 heavy (non-hydrogen) atoms. The Labute approximate surface area is 94.5 Å². The first-order chi connectivity index (χ1) is 7.47. The van der Waals surface area contributed by atoms with Crippen molar-refractivity contribution < 1.29 is 19.7 Å². The van der Waals surface area contributed by atoms with E-state index in [4.69, 9.17) is 9.84 Å². The number of methoxy groups -OCH3 is 1. The number of benzene rings is 1. The Kier molecular flexibility index (Phi) is 3.77. The molecule has 0 aliphatic rings. The monoisotopic (exact) mass is 224 g/mol. The molecule has 4 nitrogen and oxygen atoms in total. The van der Waals surface area contributed by atoms with Crippen LogP contribution in [0.15, 0.2) is 6.07 Å². The zero-order valence-electron chi connectivity index (χ0n) is 9.70. The van der Waals surface area contributed by atoms with Crippen LogP contribution in [0.25, 0.3) is 0 Å². The fourth-order valence-electron chi connectivity index (χ4n) is 1.70. The van der Waals surface area contributed by atoms with Crippen LogP contribution in [0.1, 0.15) is 23.1 Å². The number of hydrogen-bond acceptors (Lipinski definition) is 3. The Morgan fingerprint density at radius 1 is 1.38 bits per heavy atom. The van der Waals surface area contributed by atoms with E-state index in [0.717, 1.165) is 16.7 Å². The molecule has 1 rings (SSSR count). The smallest absolute Gasteiger partial charge is 0.303 e. The predicted molar refractivity (Wildman–Crippen MR) is 60.1 cm³/mol. The highest BCUT2D eigenvalue weighted by Gasteiger charge is 2.13. The first-order valence-electron chi connectivity index (χ1n) is 5.05. The minimum atomic E-state index is -0.840. The van der Waals surface area contributed by atoms with E-state index in [1.165, 1.54) is 7.11 Å². The standard InChI is InChI=1S/C12H16O4/c1-7-8(2)12(16-3)10(13)6-9(7)4-5-11(14)15/h6,13H,4-5H2,1-3H3,(H,14,15). The number of rotatable bonds is 4. The van der Waals surface area contributed by atoms with Crippen molar-refractivity contribution in [3.05, 3.63) is 22.8 Å². The lowest BCUT2D eigenvalue weighted by Crippen LogP contribution is -2.01. The number of carboxylic acid groups (broad SMARTS) is 1. The Bertz CT molecular complexity index is 410. The maximum atomic E-state index is 10.5. The van der Waals surface area contributed by atoms with Crippen LogP contribution in [0.5, 0.6) is 11.5 Å². The number of ether oxygens (including phenoxy) is 1. The third kappa shape index (κ3) is 2.45. The molecular formula is C12H16O4. The van der Waals surface area contributed by atoms with E-state index in [0.29, 0.717) is 12.2 Å². The van der Waals surface area contributed by atoms with Crippen LogP contribution in [0.2, 0.25) is 0 Å². The molecule has 0 heterocycles. The molecule has 0 spiro atoms. The quantitative estimate of drug-likeness (QED) is 0.821. The summed E-state index contributed by atoms with van der Waals surface area (Å²) >= 11 is 0. The fourth-order valence-corrected chi connectivity index (χ4v) is 1.70. The Hall–Kier alpha value is -1.71. The number of aryl methyl sites for hydroxylation is 1. The number of phenols is 1. The van der Waals surface area contributed by atoms with E-state index < -0.39 is 5.97 Å². The van der Waals surface area contributed by atoms with Crippen LogP contribution in [0.4, 0.5) is 0 Å². The third-order valence-electron chi connectivity index (χ3n) is 2.74. The molecule has 0 aliphatic carbocycles. The van der Waals surface area contributed by atoms with Crippen molar-refractivity contribution in [2.24, 2.45) is 0 Å². The van der Waals surface area contributed by atoms with Gasteiger partial charge in [-0.1, -0.05) is 0 Å². The van der Waals surface area contributed by atoms with Crippen LogP contribution < -0.4 is 4.74 Å². The molecule has 0 bridgehead atoms. The first-order valence-corrected chi connectivity index (χ1v) is 5.05. The summed E-state index contributed by atoms with van der Waals surface area (Å²) in [6.07, 6.45) is 0.478. The summed E-state index contributed by atoms with van der Waals surface area (Å²) in [5.41, 5.74) is 2.66. The molecule has 1 aromatic rings. The van der Waals surface area contributed by atoms with Crippen LogP contribution in [0, 0.1) is 13.8 Å². The van der Waals surface area contributed by atoms with Gasteiger partial charge in [0.1, 0.15) is 0 Å². The van der Waals surface area contributed by atoms with Gasteiger partial charge in [0.15, 0.2) is 11.5 Å². The molecule has 0 saturated heterocycles. The van der Waals surface area contributed by atoms with Crippen LogP contribution >= 0.6 is 0 Å². The summed E-state index contributed by atoms with van der Waals surface area (Å²) in [4.78, 5) is 10.5. The molecule has 2 N–H and O–H groups in total. The van der Waals surface area contributed by atoms with E-state index in [1.807, 2.05) is 13.8 Å². The molecular weight excluding hydrogens is 208 g/mol. The minimum Gasteiger partial charge on any atom is -0.504 e. The topological polar surface area (TPSA) is 66.8 Å². The van der Waals surface area contributed by atoms with Crippen LogP contribution in [-0.4, -0.2) is 23.3 Å². The molecule has 1 aromatic carbocycles. The van der Waals surface area contributed by atoms with E-state index >= 15 is 0 Å². The number of phenolic OH excluding ortho intramolecular Hbond substituents is 1. The molecule has 0 unspecified atom stereocenters. The van der Waals surface area contributed by atoms with Crippen molar-refractivity contribution in [2.75, 3.05) is 7.11 Å². The van der Waals surface area contributed by atoms with Gasteiger partial charge in [0.2, 0.25) is 0 Å². The predicted octanol–water partition coefficient (Wildman–Crippen LogP) is 2.03. The highest BCUT2D eigenvalue weighted by atomic mass is 16.5. The van der Waals surface area contributed by atoms with E-state index in [9.17, 15) is 9.90 Å². The number of carboxylic acids is 1. The van der Waals surface area contributed by atoms with Gasteiger partial charge in [0.25, 0.3) is 0 Å². The first kappa shape index (κ1) is 12.4. The highest BCUT2D eigenvalue weighted by Crippen LogP contribution is 2.34. The lowest BCUT2D eigenvalue weighted by Gasteiger charge is -2.13. The molecule has 4 heteroatoms. The van der Waals surface area contributed by atoms with Gasteiger partial charge in [0.05, 0.1) is 7.11 Å². The van der Waals surface area contributed by atoms with Gasteiger partial charge in [-0.25, -0.2) is 0 Å². The van der Waals surface area contributed by atoms with Gasteiger partial charge >= 0.3 is 5.97 Å². The van der Waals surface area contributed by atoms with Gasteiger partial charge in [-0.15, -0.1) is 0 Å². The van der Waals surface area contributed by atoms with E-state index in [1.54, 1.807) is 6.07 Å². The molecule has 88 valence electrons. The highest BCUT2D eigenvalue weighted by molar-refractivity contribution is 5.67. The Morgan fingerprint density at radius 2 is 2.00 bits per heavy atom. The summed E-state index contributed by atoms with van der Waals surface area (Å²) < 4.78 is 5.07. The van der Waals surface area contributed by atoms with Crippen molar-refractivity contribution in [3.63, 3.8) is 0 Å². The SMILES string of the molecule is COc1c(O)cc(CCC(=O)O)c(C)c1C. The van der Waals surface area contributed by atoms with Gasteiger partial charge in [-0.3, -0.25) is 4.79 Å². The van der Waals surface area contributed by atoms with Gasteiger partial charge in [0, 0.05) is 6.42 Å². The summed E-state index contributed by atoms with van der Waals surface area (Å²) in [5.74, 6) is -0.324. The van der Waals surface area contributed by atoms with Crippen LogP contribution in [0.3, 0.4) is 0 Å². The minimum absolute atomic E-state index is 0.0611. The molecule has 0 saturated carbocycles. The van der Waals surface area contributed by atoms with Crippen molar-refractivity contribution in [2.45, 2.75) is 26.7 Å². The summed E-state index contributed by atoms with van der Waals surface area (Å²) in [6, 6.07) is 1.57. The Balaban J connectivity index is 3.08. The number of aliphatic carboxylic acids is 1. The average Bonchev–Trinajstić information content (AvgIpc) is 2.22. The number of aromatic hydroxyl groups is 1. The van der Waals surface area contributed by atoms with Crippen molar-refractivity contribution in [1.82, 2.24) is 0 Å². The van der Waals surface area contributed by atoms with Crippen LogP contribution in [-0.2, 0) is 11.2 Å². The fraction of sp³-hybridized carbons (Fsp3) is 0.417. The second-order valence-corrected chi connectivity index (χ2v) is 3.73. The molecule has 0 aromatic heterocycles. The maximum absolute atomic E-state index is 10.5. The second kappa shape index (κ2) is 4.88. The van der Waals surface area contributed by atoms with Gasteiger partial charge in [-0.2, -0.15) is 0 Å². The van der Waals surface area contributed by atoms with Crippen molar-refractivity contribution in [1.29, 1.82) is 0 Å². The zero-order chi connectivity index (χ0) is 12.3. The zero-order valence-corrected chi connectivity index (χ0v) is 9.70. The number of carbonyl (C=O) groups is 1. The molecule has 0 fully saturated rings. The third-order valence-corrected chi connectivity index (χ3v) is 2.74. The molecule has 0 aliphatic heterocycles. The lowest BCUT2D eigenvalue weighted by atomic mass is 9.98. The van der Waals surface area contributed by atoms with Gasteiger partial charge in [-0.05, 0) is 43.0 Å². The van der Waals surface area contributed by atoms with Crippen molar-refractivity contribution in [3.8, 4) is 11.5 Å². The van der Waals surface area contributed by atoms with E-state index in [-0.39, 0.29) is 12.2 Å². The molecule has 0 atom stereocenters. The summed E-state index contributed by atoms with van der Waals surface area (Å²) in [5, 5.41) is 18.3.